The van der Waals surface area contributed by atoms with Crippen molar-refractivity contribution < 1.29 is 4.79 Å². The van der Waals surface area contributed by atoms with Crippen LogP contribution in [0.1, 0.15) is 50.7 Å². The fraction of sp³-hybridized carbons (Fsp3) is 0.619. The van der Waals surface area contributed by atoms with Gasteiger partial charge < -0.3 is 15.5 Å². The van der Waals surface area contributed by atoms with E-state index >= 15 is 0 Å². The third-order valence-corrected chi connectivity index (χ3v) is 6.87. The van der Waals surface area contributed by atoms with Crippen LogP contribution in [0.3, 0.4) is 0 Å². The monoisotopic (exact) mass is 388 g/mol. The van der Waals surface area contributed by atoms with Gasteiger partial charge in [0.25, 0.3) is 0 Å². The number of carbonyl (C=O) groups excluding carboxylic acids is 1. The molecule has 1 amide bonds. The average molecular weight is 389 g/mol. The first-order valence-electron chi connectivity index (χ1n) is 10.1. The van der Waals surface area contributed by atoms with Gasteiger partial charge in [0.05, 0.1) is 6.54 Å². The Balaban J connectivity index is 1.63. The molecule has 0 aliphatic carbocycles. The van der Waals surface area contributed by atoms with Gasteiger partial charge in [-0.15, -0.1) is 0 Å². The van der Waals surface area contributed by atoms with E-state index in [-0.39, 0.29) is 5.91 Å². The van der Waals surface area contributed by atoms with Gasteiger partial charge in [0.1, 0.15) is 0 Å². The van der Waals surface area contributed by atoms with Crippen LogP contribution in [0.2, 0.25) is 0 Å². The highest BCUT2D eigenvalue weighted by molar-refractivity contribution is 8.00. The summed E-state index contributed by atoms with van der Waals surface area (Å²) in [6.45, 7) is 8.41. The van der Waals surface area contributed by atoms with E-state index in [0.717, 1.165) is 32.0 Å². The second-order valence-electron chi connectivity index (χ2n) is 7.64. The van der Waals surface area contributed by atoms with Gasteiger partial charge in [0.2, 0.25) is 5.91 Å². The Morgan fingerprint density at radius 2 is 2.07 bits per heavy atom. The van der Waals surface area contributed by atoms with Crippen molar-refractivity contribution in [2.45, 2.75) is 57.4 Å². The molecule has 2 N–H and O–H groups in total. The zero-order valence-corrected chi connectivity index (χ0v) is 17.4. The molecule has 1 unspecified atom stereocenters. The fourth-order valence-corrected chi connectivity index (χ4v) is 4.94. The highest BCUT2D eigenvalue weighted by atomic mass is 32.2. The van der Waals surface area contributed by atoms with Crippen LogP contribution in [0.15, 0.2) is 29.3 Å². The molecule has 2 heterocycles. The van der Waals surface area contributed by atoms with Crippen molar-refractivity contribution >= 4 is 23.6 Å². The van der Waals surface area contributed by atoms with E-state index in [0.29, 0.717) is 24.3 Å². The molecule has 2 aliphatic heterocycles. The second-order valence-corrected chi connectivity index (χ2v) is 9.32. The average Bonchev–Trinajstić information content (AvgIpc) is 3.28. The molecule has 27 heavy (non-hydrogen) atoms. The molecule has 0 radical (unpaired) electrons. The minimum Gasteiger partial charge on any atom is -0.357 e. The molecule has 0 saturated carbocycles. The van der Waals surface area contributed by atoms with Crippen LogP contribution in [-0.4, -0.2) is 46.9 Å². The summed E-state index contributed by atoms with van der Waals surface area (Å²) in [7, 11) is 0. The molecule has 3 rings (SSSR count). The lowest BCUT2D eigenvalue weighted by atomic mass is 10.1. The van der Waals surface area contributed by atoms with Crippen LogP contribution in [0.5, 0.6) is 0 Å². The molecule has 0 aromatic heterocycles. The molecule has 0 bridgehead atoms. The van der Waals surface area contributed by atoms with E-state index in [1.165, 1.54) is 29.7 Å². The summed E-state index contributed by atoms with van der Waals surface area (Å²) in [4.78, 5) is 18.7. The van der Waals surface area contributed by atoms with E-state index in [9.17, 15) is 4.79 Å². The minimum atomic E-state index is 0.269. The molecular formula is C21H32N4OS. The maximum Gasteiger partial charge on any atom is 0.222 e. The number of nitrogens with one attached hydrogen (secondary N) is 2. The normalized spacial score (nSPS) is 23.1. The number of aliphatic imine (C=N–C) groups is 1. The first-order chi connectivity index (χ1) is 13.1. The van der Waals surface area contributed by atoms with Gasteiger partial charge in [-0.2, -0.15) is 11.8 Å². The number of nitrogens with zero attached hydrogens (tertiary/aromatic N) is 2. The smallest absolute Gasteiger partial charge is 0.222 e. The molecule has 1 atom stereocenters. The summed E-state index contributed by atoms with van der Waals surface area (Å²) >= 11 is 2.06. The summed E-state index contributed by atoms with van der Waals surface area (Å²) in [5.74, 6) is 2.40. The Kier molecular flexibility index (Phi) is 7.05. The van der Waals surface area contributed by atoms with Crippen molar-refractivity contribution in [3.8, 4) is 0 Å². The number of benzene rings is 1. The lowest BCUT2D eigenvalue weighted by molar-refractivity contribution is -0.128. The third-order valence-electron chi connectivity index (χ3n) is 5.33. The number of hydrogen-bond donors (Lipinski definition) is 2. The zero-order valence-electron chi connectivity index (χ0n) is 16.6. The fourth-order valence-electron chi connectivity index (χ4n) is 3.70. The van der Waals surface area contributed by atoms with Crippen LogP contribution >= 0.6 is 11.8 Å². The number of guanidine groups is 1. The molecule has 5 nitrogen and oxygen atoms in total. The van der Waals surface area contributed by atoms with Crippen LogP contribution in [0.25, 0.3) is 0 Å². The summed E-state index contributed by atoms with van der Waals surface area (Å²) in [6.07, 6.45) is 4.23. The number of hydrogen-bond acceptors (Lipinski definition) is 3. The van der Waals surface area contributed by atoms with Crippen LogP contribution in [0.4, 0.5) is 0 Å². The molecule has 2 aliphatic rings. The molecule has 6 heteroatoms. The van der Waals surface area contributed by atoms with Gasteiger partial charge >= 0.3 is 0 Å². The lowest BCUT2D eigenvalue weighted by Gasteiger charge is -2.24. The second kappa shape index (κ2) is 9.49. The molecule has 0 spiro atoms. The number of amides is 1. The highest BCUT2D eigenvalue weighted by Gasteiger charge is 2.29. The van der Waals surface area contributed by atoms with Crippen molar-refractivity contribution in [2.24, 2.45) is 4.99 Å². The topological polar surface area (TPSA) is 56.7 Å². The maximum atomic E-state index is 12.0. The summed E-state index contributed by atoms with van der Waals surface area (Å²) in [5.41, 5.74) is 2.39. The minimum absolute atomic E-state index is 0.269. The Bertz CT molecular complexity index is 670. The largest absolute Gasteiger partial charge is 0.357 e. The van der Waals surface area contributed by atoms with Crippen LogP contribution in [0, 0.1) is 0 Å². The Morgan fingerprint density at radius 3 is 2.74 bits per heavy atom. The van der Waals surface area contributed by atoms with Crippen molar-refractivity contribution in [2.75, 3.05) is 25.4 Å². The van der Waals surface area contributed by atoms with Crippen LogP contribution in [-0.2, 0) is 17.9 Å². The quantitative estimate of drug-likeness (QED) is 0.556. The molecule has 2 saturated heterocycles. The van der Waals surface area contributed by atoms with Gasteiger partial charge in [-0.25, -0.2) is 4.99 Å². The highest BCUT2D eigenvalue weighted by Crippen LogP contribution is 2.36. The number of rotatable bonds is 7. The summed E-state index contributed by atoms with van der Waals surface area (Å²) in [5, 5.41) is 6.89. The molecule has 2 fully saturated rings. The van der Waals surface area contributed by atoms with Crippen molar-refractivity contribution in [1.29, 1.82) is 0 Å². The predicted octanol–water partition coefficient (Wildman–Crippen LogP) is 3.15. The summed E-state index contributed by atoms with van der Waals surface area (Å²) in [6, 6.07) is 8.34. The van der Waals surface area contributed by atoms with E-state index in [4.69, 9.17) is 4.99 Å². The number of thioether (sulfide) groups is 1. The maximum absolute atomic E-state index is 12.0. The number of likely N-dealkylation sites (tertiary alicyclic amines) is 1. The van der Waals surface area contributed by atoms with Gasteiger partial charge in [0, 0.05) is 37.3 Å². The van der Waals surface area contributed by atoms with E-state index < -0.39 is 0 Å². The van der Waals surface area contributed by atoms with Crippen molar-refractivity contribution in [1.82, 2.24) is 15.5 Å². The predicted molar refractivity (Wildman–Crippen MR) is 114 cm³/mol. The van der Waals surface area contributed by atoms with Gasteiger partial charge in [-0.3, -0.25) is 4.79 Å². The van der Waals surface area contributed by atoms with Crippen LogP contribution < -0.4 is 10.6 Å². The first kappa shape index (κ1) is 20.1. The molecule has 1 aromatic rings. The molecule has 148 valence electrons. The Morgan fingerprint density at radius 1 is 1.26 bits per heavy atom. The van der Waals surface area contributed by atoms with Crippen molar-refractivity contribution in [3.05, 3.63) is 35.4 Å². The Hall–Kier alpha value is -1.69. The lowest BCUT2D eigenvalue weighted by Crippen LogP contribution is -2.43. The zero-order chi connectivity index (χ0) is 19.1. The van der Waals surface area contributed by atoms with Gasteiger partial charge in [0.15, 0.2) is 5.96 Å². The Labute approximate surface area is 167 Å². The number of carbonyl (C=O) groups is 1. The summed E-state index contributed by atoms with van der Waals surface area (Å²) < 4.78 is 0.310. The van der Waals surface area contributed by atoms with E-state index in [1.54, 1.807) is 0 Å². The third kappa shape index (κ3) is 5.64. The molecular weight excluding hydrogens is 356 g/mol. The standard InChI is InChI=1S/C21H32N4OS/c1-3-22-20(24-16-21(2)11-7-13-27-21)23-14-17-8-4-5-9-18(17)15-25-12-6-10-19(25)26/h4-5,8-9H,3,6-7,10-16H2,1-2H3,(H2,22,23,24). The van der Waals surface area contributed by atoms with Gasteiger partial charge in [-0.05, 0) is 50.0 Å². The SMILES string of the molecule is CCNC(=NCc1ccccc1CN1CCCC1=O)NCC1(C)CCCS1. The van der Waals surface area contributed by atoms with E-state index in [2.05, 4.69) is 54.4 Å². The molecule has 1 aromatic carbocycles. The van der Waals surface area contributed by atoms with Gasteiger partial charge in [-0.1, -0.05) is 24.3 Å². The van der Waals surface area contributed by atoms with Crippen molar-refractivity contribution in [3.63, 3.8) is 0 Å². The first-order valence-corrected chi connectivity index (χ1v) is 11.1. The van der Waals surface area contributed by atoms with E-state index in [1.807, 2.05) is 11.0 Å².